The van der Waals surface area contributed by atoms with Crippen LogP contribution in [0.2, 0.25) is 0 Å². The van der Waals surface area contributed by atoms with Crippen molar-refractivity contribution in [3.05, 3.63) is 41.5 Å². The van der Waals surface area contributed by atoms with Crippen molar-refractivity contribution in [3.63, 3.8) is 0 Å². The third-order valence-electron chi connectivity index (χ3n) is 4.30. The van der Waals surface area contributed by atoms with Crippen molar-refractivity contribution in [3.8, 4) is 5.75 Å². The van der Waals surface area contributed by atoms with E-state index in [4.69, 9.17) is 9.47 Å². The topological polar surface area (TPSA) is 72.8 Å². The summed E-state index contributed by atoms with van der Waals surface area (Å²) in [5.74, 6) is -0.542. The Labute approximate surface area is 149 Å². The molecule has 0 saturated carbocycles. The first kappa shape index (κ1) is 20.9. The van der Waals surface area contributed by atoms with Crippen molar-refractivity contribution in [1.82, 2.24) is 0 Å². The second kappa shape index (κ2) is 8.81. The lowest BCUT2D eigenvalue weighted by atomic mass is 9.99. The number of esters is 1. The molecule has 2 atom stereocenters. The van der Waals surface area contributed by atoms with E-state index in [-0.39, 0.29) is 18.1 Å². The molecule has 1 aromatic rings. The maximum Gasteiger partial charge on any atom is 0.333 e. The molecule has 0 aliphatic carbocycles. The van der Waals surface area contributed by atoms with E-state index in [9.17, 15) is 14.7 Å². The summed E-state index contributed by atoms with van der Waals surface area (Å²) in [6, 6.07) is 4.81. The van der Waals surface area contributed by atoms with Gasteiger partial charge in [0.2, 0.25) is 0 Å². The third-order valence-corrected chi connectivity index (χ3v) is 4.30. The Morgan fingerprint density at radius 1 is 1.36 bits per heavy atom. The van der Waals surface area contributed by atoms with Gasteiger partial charge in [-0.1, -0.05) is 25.6 Å². The van der Waals surface area contributed by atoms with Gasteiger partial charge < -0.3 is 14.6 Å². The predicted molar refractivity (Wildman–Crippen MR) is 96.8 cm³/mol. The van der Waals surface area contributed by atoms with Crippen molar-refractivity contribution in [1.29, 1.82) is 0 Å². The summed E-state index contributed by atoms with van der Waals surface area (Å²) < 4.78 is 11.1. The van der Waals surface area contributed by atoms with E-state index >= 15 is 0 Å². The van der Waals surface area contributed by atoms with Crippen molar-refractivity contribution >= 4 is 11.8 Å². The number of hydrogen-bond donors (Lipinski definition) is 1. The number of benzene rings is 1. The molecule has 5 heteroatoms. The van der Waals surface area contributed by atoms with Crippen LogP contribution < -0.4 is 0 Å². The van der Waals surface area contributed by atoms with Crippen LogP contribution in [0.25, 0.3) is 0 Å². The van der Waals surface area contributed by atoms with Crippen molar-refractivity contribution in [2.45, 2.75) is 59.2 Å². The molecular weight excluding hydrogens is 320 g/mol. The number of Topliss-reactive ketones (excluding diaryl/α,β-unsaturated/α-hetero) is 1. The number of ketones is 1. The van der Waals surface area contributed by atoms with Crippen LogP contribution in [0.3, 0.4) is 0 Å². The Morgan fingerprint density at radius 2 is 2.00 bits per heavy atom. The minimum atomic E-state index is -0.666. The fourth-order valence-electron chi connectivity index (χ4n) is 2.14. The van der Waals surface area contributed by atoms with E-state index in [1.807, 2.05) is 13.8 Å². The molecule has 138 valence electrons. The number of carbonyl (C=O) groups is 2. The van der Waals surface area contributed by atoms with Gasteiger partial charge in [-0.25, -0.2) is 4.79 Å². The Bertz CT molecular complexity index is 649. The van der Waals surface area contributed by atoms with Gasteiger partial charge in [0.25, 0.3) is 0 Å². The molecule has 25 heavy (non-hydrogen) atoms. The summed E-state index contributed by atoms with van der Waals surface area (Å²) >= 11 is 0. The van der Waals surface area contributed by atoms with Crippen LogP contribution in [0.4, 0.5) is 0 Å². The fraction of sp³-hybridized carbons (Fsp3) is 0.500. The van der Waals surface area contributed by atoms with Gasteiger partial charge in [-0.3, -0.25) is 4.79 Å². The van der Waals surface area contributed by atoms with Crippen LogP contribution in [-0.4, -0.2) is 35.2 Å². The minimum Gasteiger partial charge on any atom is -0.508 e. The summed E-state index contributed by atoms with van der Waals surface area (Å²) in [5, 5.41) is 9.73. The number of hydrogen-bond acceptors (Lipinski definition) is 5. The molecule has 0 aliphatic heterocycles. The second-order valence-electron chi connectivity index (χ2n) is 6.60. The summed E-state index contributed by atoms with van der Waals surface area (Å²) in [7, 11) is 0. The largest absolute Gasteiger partial charge is 0.508 e. The Kier molecular flexibility index (Phi) is 7.37. The number of phenols is 1. The highest BCUT2D eigenvalue weighted by atomic mass is 16.6. The van der Waals surface area contributed by atoms with E-state index in [2.05, 4.69) is 6.58 Å². The first-order chi connectivity index (χ1) is 11.6. The van der Waals surface area contributed by atoms with Crippen molar-refractivity contribution in [2.24, 2.45) is 0 Å². The highest BCUT2D eigenvalue weighted by Gasteiger charge is 2.27. The molecule has 1 N–H and O–H groups in total. The lowest BCUT2D eigenvalue weighted by molar-refractivity contribution is -0.155. The molecule has 0 heterocycles. The molecule has 0 spiro atoms. The number of aromatic hydroxyl groups is 1. The number of phenolic OH excluding ortho intramolecular Hbond substituents is 1. The third kappa shape index (κ3) is 6.02. The van der Waals surface area contributed by atoms with E-state index in [0.717, 1.165) is 0 Å². The van der Waals surface area contributed by atoms with Gasteiger partial charge in [-0.05, 0) is 45.7 Å². The molecule has 0 amide bonds. The highest BCUT2D eigenvalue weighted by Crippen LogP contribution is 2.23. The lowest BCUT2D eigenvalue weighted by Gasteiger charge is -2.29. The lowest BCUT2D eigenvalue weighted by Crippen LogP contribution is -2.34. The van der Waals surface area contributed by atoms with Gasteiger partial charge in [0.05, 0.1) is 6.61 Å². The molecule has 0 saturated heterocycles. The Balaban J connectivity index is 2.61. The quantitative estimate of drug-likeness (QED) is 0.415. The average molecular weight is 348 g/mol. The molecule has 0 aliphatic rings. The van der Waals surface area contributed by atoms with E-state index in [1.165, 1.54) is 6.07 Å². The zero-order valence-electron chi connectivity index (χ0n) is 15.7. The molecule has 5 nitrogen and oxygen atoms in total. The van der Waals surface area contributed by atoms with Crippen LogP contribution >= 0.6 is 0 Å². The van der Waals surface area contributed by atoms with Crippen LogP contribution in [0.5, 0.6) is 5.75 Å². The summed E-state index contributed by atoms with van der Waals surface area (Å²) in [4.78, 5) is 24.1. The van der Waals surface area contributed by atoms with Crippen LogP contribution in [-0.2, 0) is 14.3 Å². The monoisotopic (exact) mass is 348 g/mol. The summed E-state index contributed by atoms with van der Waals surface area (Å²) in [6.07, 6.45) is 0.447. The number of aryl methyl sites for hydroxylation is 1. The molecular formula is C20H28O5. The second-order valence-corrected chi connectivity index (χ2v) is 6.60. The van der Waals surface area contributed by atoms with Crippen molar-refractivity contribution < 1.29 is 24.2 Å². The van der Waals surface area contributed by atoms with Crippen LogP contribution in [0.1, 0.15) is 56.5 Å². The summed E-state index contributed by atoms with van der Waals surface area (Å²) in [5.41, 5.74) is 0.801. The molecule has 0 fully saturated rings. The smallest absolute Gasteiger partial charge is 0.333 e. The van der Waals surface area contributed by atoms with E-state index in [1.54, 1.807) is 32.9 Å². The molecule has 0 bridgehead atoms. The van der Waals surface area contributed by atoms with Crippen LogP contribution in [0.15, 0.2) is 30.4 Å². The number of rotatable bonds is 9. The van der Waals surface area contributed by atoms with Gasteiger partial charge in [0.1, 0.15) is 17.5 Å². The molecule has 1 aromatic carbocycles. The highest BCUT2D eigenvalue weighted by molar-refractivity contribution is 5.99. The first-order valence-corrected chi connectivity index (χ1v) is 8.44. The molecule has 1 rings (SSSR count). The van der Waals surface area contributed by atoms with Crippen molar-refractivity contribution in [2.75, 3.05) is 6.61 Å². The number of ether oxygens (including phenoxy) is 2. The van der Waals surface area contributed by atoms with E-state index < -0.39 is 17.7 Å². The van der Waals surface area contributed by atoms with E-state index in [0.29, 0.717) is 29.5 Å². The molecule has 2 unspecified atom stereocenters. The maximum atomic E-state index is 12.4. The predicted octanol–water partition coefficient (Wildman–Crippen LogP) is 3.97. The Hall–Kier alpha value is -2.14. The zero-order valence-corrected chi connectivity index (χ0v) is 15.7. The average Bonchev–Trinajstić information content (AvgIpc) is 2.56. The first-order valence-electron chi connectivity index (χ1n) is 8.44. The van der Waals surface area contributed by atoms with Gasteiger partial charge in [0, 0.05) is 17.6 Å². The Morgan fingerprint density at radius 3 is 2.52 bits per heavy atom. The van der Waals surface area contributed by atoms with Gasteiger partial charge in [-0.15, -0.1) is 0 Å². The maximum absolute atomic E-state index is 12.4. The molecule has 0 radical (unpaired) electrons. The molecule has 0 aromatic heterocycles. The van der Waals surface area contributed by atoms with Gasteiger partial charge >= 0.3 is 5.97 Å². The van der Waals surface area contributed by atoms with Gasteiger partial charge in [0.15, 0.2) is 5.78 Å². The minimum absolute atomic E-state index is 0.0864. The number of carbonyl (C=O) groups excluding carboxylic acids is 2. The standard InChI is InChI=1S/C20H28O5/c1-7-20(6,25-19(23)13(2)3)10-11-24-15(5)18(22)16-9-8-14(4)17(21)12-16/h8-9,12,15,21H,2,7,10-11H2,1,3-6H3. The van der Waals surface area contributed by atoms with Crippen LogP contribution in [0, 0.1) is 6.92 Å². The normalized spacial score (nSPS) is 14.4. The summed E-state index contributed by atoms with van der Waals surface area (Å²) in [6.45, 7) is 12.7. The SMILES string of the molecule is C=C(C)C(=O)OC(C)(CC)CCOC(C)C(=O)c1ccc(C)c(O)c1. The zero-order chi connectivity index (χ0) is 19.2. The van der Waals surface area contributed by atoms with Gasteiger partial charge in [-0.2, -0.15) is 0 Å². The fourth-order valence-corrected chi connectivity index (χ4v) is 2.14.